The zero-order chi connectivity index (χ0) is 8.27. The first-order chi connectivity index (χ1) is 5.24. The predicted octanol–water partition coefficient (Wildman–Crippen LogP) is 2.23. The summed E-state index contributed by atoms with van der Waals surface area (Å²) in [5.74, 6) is -0.159. The van der Waals surface area contributed by atoms with Crippen molar-refractivity contribution in [2.24, 2.45) is 0 Å². The molecular weight excluding hydrogens is 181 g/mol. The maximum atomic E-state index is 12.8. The van der Waals surface area contributed by atoms with Gasteiger partial charge in [-0.15, -0.1) is 12.4 Å². The molecule has 0 spiro atoms. The maximum absolute atomic E-state index is 12.8. The van der Waals surface area contributed by atoms with E-state index in [1.807, 2.05) is 0 Å². The largest absolute Gasteiger partial charge is 0.491 e. The molecule has 68 valence electrons. The summed E-state index contributed by atoms with van der Waals surface area (Å²) in [5.41, 5.74) is 5.74. The number of halogens is 2. The molecule has 0 aliphatic carbocycles. The first kappa shape index (κ1) is 11.0. The topological polar surface area (TPSA) is 35.2 Å². The second-order valence-corrected chi connectivity index (χ2v) is 2.12. The standard InChI is InChI=1S/C8H10FNO.ClH/c1-2-11-8-4-3-6(10)5-7(8)9;/h3-5H,2,10H2,1H3;1H. The molecule has 2 N–H and O–H groups in total. The van der Waals surface area contributed by atoms with Gasteiger partial charge in [-0.2, -0.15) is 0 Å². The predicted molar refractivity (Wildman–Crippen MR) is 49.2 cm³/mol. The van der Waals surface area contributed by atoms with Crippen molar-refractivity contribution in [3.8, 4) is 5.75 Å². The molecule has 2 nitrogen and oxygen atoms in total. The molecule has 1 aromatic carbocycles. The Labute approximate surface area is 76.9 Å². The minimum absolute atomic E-state index is 0. The van der Waals surface area contributed by atoms with Crippen molar-refractivity contribution in [1.82, 2.24) is 0 Å². The molecule has 0 radical (unpaired) electrons. The number of anilines is 1. The lowest BCUT2D eigenvalue weighted by Crippen LogP contribution is -1.95. The Morgan fingerprint density at radius 3 is 2.67 bits per heavy atom. The molecule has 0 amide bonds. The molecule has 4 heteroatoms. The van der Waals surface area contributed by atoms with Gasteiger partial charge >= 0.3 is 0 Å². The SMILES string of the molecule is CCOc1ccc(N)cc1F.Cl. The van der Waals surface area contributed by atoms with Crippen LogP contribution in [0.15, 0.2) is 18.2 Å². The molecular formula is C8H11ClFNO. The third-order valence-corrected chi connectivity index (χ3v) is 1.26. The molecule has 1 rings (SSSR count). The molecule has 12 heavy (non-hydrogen) atoms. The fourth-order valence-corrected chi connectivity index (χ4v) is 0.790. The number of nitrogen functional groups attached to an aromatic ring is 1. The maximum Gasteiger partial charge on any atom is 0.167 e. The Morgan fingerprint density at radius 1 is 1.50 bits per heavy atom. The van der Waals surface area contributed by atoms with Crippen LogP contribution in [0.2, 0.25) is 0 Å². The monoisotopic (exact) mass is 191 g/mol. The van der Waals surface area contributed by atoms with E-state index in [1.54, 1.807) is 13.0 Å². The van der Waals surface area contributed by atoms with Crippen molar-refractivity contribution in [2.75, 3.05) is 12.3 Å². The fourth-order valence-electron chi connectivity index (χ4n) is 0.790. The molecule has 0 saturated heterocycles. The Bertz CT molecular complexity index is 255. The lowest BCUT2D eigenvalue weighted by Gasteiger charge is -2.03. The van der Waals surface area contributed by atoms with Gasteiger partial charge in [0.2, 0.25) is 0 Å². The van der Waals surface area contributed by atoms with Crippen LogP contribution in [-0.4, -0.2) is 6.61 Å². The Kier molecular flexibility index (Phi) is 4.44. The van der Waals surface area contributed by atoms with Gasteiger partial charge in [0, 0.05) is 11.8 Å². The zero-order valence-corrected chi connectivity index (χ0v) is 7.53. The van der Waals surface area contributed by atoms with E-state index < -0.39 is 5.82 Å². The smallest absolute Gasteiger partial charge is 0.167 e. The highest BCUT2D eigenvalue weighted by molar-refractivity contribution is 5.85. The van der Waals surface area contributed by atoms with Gasteiger partial charge in [0.25, 0.3) is 0 Å². The third-order valence-electron chi connectivity index (χ3n) is 1.26. The summed E-state index contributed by atoms with van der Waals surface area (Å²) in [6.07, 6.45) is 0. The van der Waals surface area contributed by atoms with E-state index in [1.165, 1.54) is 12.1 Å². The normalized spacial score (nSPS) is 8.83. The quantitative estimate of drug-likeness (QED) is 0.728. The first-order valence-corrected chi connectivity index (χ1v) is 3.42. The average Bonchev–Trinajstić information content (AvgIpc) is 1.95. The van der Waals surface area contributed by atoms with Gasteiger partial charge in [-0.3, -0.25) is 0 Å². The fraction of sp³-hybridized carbons (Fsp3) is 0.250. The van der Waals surface area contributed by atoms with Crippen LogP contribution >= 0.6 is 12.4 Å². The number of benzene rings is 1. The van der Waals surface area contributed by atoms with Crippen LogP contribution in [0.1, 0.15) is 6.92 Å². The van der Waals surface area contributed by atoms with Crippen molar-refractivity contribution in [3.05, 3.63) is 24.0 Å². The van der Waals surface area contributed by atoms with Gasteiger partial charge in [-0.25, -0.2) is 4.39 Å². The Balaban J connectivity index is 0.00000121. The van der Waals surface area contributed by atoms with E-state index in [9.17, 15) is 4.39 Å². The number of hydrogen-bond acceptors (Lipinski definition) is 2. The molecule has 0 fully saturated rings. The van der Waals surface area contributed by atoms with E-state index in [2.05, 4.69) is 0 Å². The van der Waals surface area contributed by atoms with Crippen LogP contribution in [-0.2, 0) is 0 Å². The number of ether oxygens (including phenoxy) is 1. The number of nitrogens with two attached hydrogens (primary N) is 1. The van der Waals surface area contributed by atoms with Crippen molar-refractivity contribution < 1.29 is 9.13 Å². The van der Waals surface area contributed by atoms with Crippen LogP contribution < -0.4 is 10.5 Å². The van der Waals surface area contributed by atoms with Gasteiger partial charge in [0.05, 0.1) is 6.61 Å². The molecule has 0 unspecified atom stereocenters. The minimum atomic E-state index is -0.410. The summed E-state index contributed by atoms with van der Waals surface area (Å²) >= 11 is 0. The summed E-state index contributed by atoms with van der Waals surface area (Å²) in [5, 5.41) is 0. The summed E-state index contributed by atoms with van der Waals surface area (Å²) in [6, 6.07) is 4.37. The van der Waals surface area contributed by atoms with Crippen LogP contribution in [0.25, 0.3) is 0 Å². The van der Waals surface area contributed by atoms with Crippen LogP contribution in [0.5, 0.6) is 5.75 Å². The highest BCUT2D eigenvalue weighted by Gasteiger charge is 2.00. The Hall–Kier alpha value is -0.960. The lowest BCUT2D eigenvalue weighted by molar-refractivity contribution is 0.321. The third kappa shape index (κ3) is 2.58. The molecule has 0 aliphatic rings. The first-order valence-electron chi connectivity index (χ1n) is 3.42. The zero-order valence-electron chi connectivity index (χ0n) is 6.71. The molecule has 0 aliphatic heterocycles. The highest BCUT2D eigenvalue weighted by Crippen LogP contribution is 2.18. The van der Waals surface area contributed by atoms with E-state index in [4.69, 9.17) is 10.5 Å². The van der Waals surface area contributed by atoms with E-state index in [0.29, 0.717) is 12.3 Å². The second-order valence-electron chi connectivity index (χ2n) is 2.12. The summed E-state index contributed by atoms with van der Waals surface area (Å²) < 4.78 is 17.8. The average molecular weight is 192 g/mol. The van der Waals surface area contributed by atoms with E-state index >= 15 is 0 Å². The number of rotatable bonds is 2. The molecule has 0 bridgehead atoms. The van der Waals surface area contributed by atoms with Crippen molar-refractivity contribution in [2.45, 2.75) is 6.92 Å². The minimum Gasteiger partial charge on any atom is -0.491 e. The van der Waals surface area contributed by atoms with Gasteiger partial charge in [0.15, 0.2) is 11.6 Å². The van der Waals surface area contributed by atoms with Crippen LogP contribution in [0, 0.1) is 5.82 Å². The van der Waals surface area contributed by atoms with Crippen molar-refractivity contribution in [3.63, 3.8) is 0 Å². The van der Waals surface area contributed by atoms with E-state index in [0.717, 1.165) is 0 Å². The van der Waals surface area contributed by atoms with Crippen LogP contribution in [0.4, 0.5) is 10.1 Å². The molecule has 0 heterocycles. The molecule has 0 atom stereocenters. The van der Waals surface area contributed by atoms with Gasteiger partial charge < -0.3 is 10.5 Å². The lowest BCUT2D eigenvalue weighted by atomic mass is 10.3. The summed E-state index contributed by atoms with van der Waals surface area (Å²) in [7, 11) is 0. The van der Waals surface area contributed by atoms with Gasteiger partial charge in [-0.05, 0) is 19.1 Å². The second kappa shape index (κ2) is 4.83. The number of hydrogen-bond donors (Lipinski definition) is 1. The van der Waals surface area contributed by atoms with Crippen molar-refractivity contribution >= 4 is 18.1 Å². The molecule has 0 saturated carbocycles. The van der Waals surface area contributed by atoms with Crippen molar-refractivity contribution in [1.29, 1.82) is 0 Å². The summed E-state index contributed by atoms with van der Waals surface area (Å²) in [6.45, 7) is 2.26. The molecule has 0 aromatic heterocycles. The van der Waals surface area contributed by atoms with Crippen LogP contribution in [0.3, 0.4) is 0 Å². The highest BCUT2D eigenvalue weighted by atomic mass is 35.5. The van der Waals surface area contributed by atoms with Gasteiger partial charge in [-0.1, -0.05) is 0 Å². The van der Waals surface area contributed by atoms with Gasteiger partial charge in [0.1, 0.15) is 0 Å². The van der Waals surface area contributed by atoms with E-state index in [-0.39, 0.29) is 18.2 Å². The Morgan fingerprint density at radius 2 is 2.17 bits per heavy atom. The summed E-state index contributed by atoms with van der Waals surface area (Å²) in [4.78, 5) is 0. The molecule has 1 aromatic rings.